The molecule has 156 valence electrons. The zero-order valence-electron chi connectivity index (χ0n) is 17.5. The van der Waals surface area contributed by atoms with Gasteiger partial charge in [-0.05, 0) is 49.7 Å². The zero-order chi connectivity index (χ0) is 20.9. The molecule has 30 heavy (non-hydrogen) atoms. The number of aryl methyl sites for hydroxylation is 1. The van der Waals surface area contributed by atoms with E-state index < -0.39 is 6.04 Å². The van der Waals surface area contributed by atoms with E-state index in [0.29, 0.717) is 11.3 Å². The van der Waals surface area contributed by atoms with Crippen molar-refractivity contribution in [3.05, 3.63) is 83.4 Å². The minimum Gasteiger partial charge on any atom is -0.496 e. The summed E-state index contributed by atoms with van der Waals surface area (Å²) in [5.41, 5.74) is 2.69. The molecular formula is C24H28N4O2. The third kappa shape index (κ3) is 4.39. The number of methoxy groups -OCH3 is 1. The molecule has 2 aromatic carbocycles. The molecule has 4 rings (SSSR count). The van der Waals surface area contributed by atoms with Crippen LogP contribution < -0.4 is 10.1 Å². The number of carbonyl (C=O) groups excluding carboxylic acids is 1. The molecule has 0 aliphatic carbocycles. The van der Waals surface area contributed by atoms with Gasteiger partial charge in [-0.25, -0.2) is 4.98 Å². The summed E-state index contributed by atoms with van der Waals surface area (Å²) in [6.45, 7) is 3.15. The molecule has 6 heteroatoms. The smallest absolute Gasteiger partial charge is 0.252 e. The average Bonchev–Trinajstić information content (AvgIpc) is 3.44. The largest absolute Gasteiger partial charge is 0.496 e. The van der Waals surface area contributed by atoms with E-state index in [1.165, 1.54) is 12.8 Å². The summed E-state index contributed by atoms with van der Waals surface area (Å²) in [4.78, 5) is 20.1. The minimum absolute atomic E-state index is 0.128. The Labute approximate surface area is 177 Å². The fourth-order valence-corrected chi connectivity index (χ4v) is 4.07. The van der Waals surface area contributed by atoms with E-state index >= 15 is 0 Å². The van der Waals surface area contributed by atoms with E-state index in [4.69, 9.17) is 4.74 Å². The highest BCUT2D eigenvalue weighted by atomic mass is 16.5. The summed E-state index contributed by atoms with van der Waals surface area (Å²) >= 11 is 0. The van der Waals surface area contributed by atoms with Gasteiger partial charge in [0.2, 0.25) is 0 Å². The third-order valence-corrected chi connectivity index (χ3v) is 5.64. The molecule has 3 aromatic rings. The average molecular weight is 405 g/mol. The molecule has 1 aliphatic heterocycles. The highest BCUT2D eigenvalue weighted by molar-refractivity contribution is 5.94. The minimum atomic E-state index is -0.420. The lowest BCUT2D eigenvalue weighted by atomic mass is 10.0. The van der Waals surface area contributed by atoms with Crippen molar-refractivity contribution < 1.29 is 9.53 Å². The van der Waals surface area contributed by atoms with Crippen LogP contribution in [0.15, 0.2) is 60.9 Å². The van der Waals surface area contributed by atoms with Crippen molar-refractivity contribution in [1.29, 1.82) is 0 Å². The van der Waals surface area contributed by atoms with E-state index in [9.17, 15) is 4.79 Å². The molecule has 2 heterocycles. The van der Waals surface area contributed by atoms with Gasteiger partial charge in [-0.3, -0.25) is 9.69 Å². The molecule has 1 N–H and O–H groups in total. The van der Waals surface area contributed by atoms with Crippen LogP contribution in [0.25, 0.3) is 0 Å². The third-order valence-electron chi connectivity index (χ3n) is 5.64. The number of rotatable bonds is 7. The Hall–Kier alpha value is -3.12. The van der Waals surface area contributed by atoms with Gasteiger partial charge in [-0.2, -0.15) is 0 Å². The molecule has 0 saturated carbocycles. The van der Waals surface area contributed by atoms with Crippen LogP contribution in [-0.4, -0.2) is 40.6 Å². The highest BCUT2D eigenvalue weighted by Crippen LogP contribution is 2.29. The number of ether oxygens (including phenoxy) is 1. The van der Waals surface area contributed by atoms with Crippen molar-refractivity contribution in [2.45, 2.75) is 25.4 Å². The van der Waals surface area contributed by atoms with Crippen LogP contribution in [0.3, 0.4) is 0 Å². The Morgan fingerprint density at radius 2 is 1.97 bits per heavy atom. The van der Waals surface area contributed by atoms with Crippen molar-refractivity contribution >= 4 is 5.91 Å². The van der Waals surface area contributed by atoms with Gasteiger partial charge in [0.15, 0.2) is 0 Å². The molecule has 1 atom stereocenters. The van der Waals surface area contributed by atoms with Crippen LogP contribution in [0.2, 0.25) is 0 Å². The second-order valence-electron chi connectivity index (χ2n) is 7.73. The van der Waals surface area contributed by atoms with Crippen molar-refractivity contribution in [2.24, 2.45) is 7.05 Å². The lowest BCUT2D eigenvalue weighted by Crippen LogP contribution is -2.31. The number of hydrogen-bond donors (Lipinski definition) is 1. The van der Waals surface area contributed by atoms with Gasteiger partial charge in [-0.1, -0.05) is 30.3 Å². The first-order valence-corrected chi connectivity index (χ1v) is 10.4. The normalized spacial score (nSPS) is 15.1. The van der Waals surface area contributed by atoms with Gasteiger partial charge in [0, 0.05) is 37.1 Å². The number of nitrogens with zero attached hydrogens (tertiary/aromatic N) is 3. The topological polar surface area (TPSA) is 59.4 Å². The lowest BCUT2D eigenvalue weighted by molar-refractivity contribution is 0.0940. The summed E-state index contributed by atoms with van der Waals surface area (Å²) in [5.74, 6) is 1.34. The first-order chi connectivity index (χ1) is 14.7. The van der Waals surface area contributed by atoms with E-state index in [1.807, 2.05) is 60.3 Å². The number of aromatic nitrogens is 2. The molecule has 1 aromatic heterocycles. The molecule has 1 unspecified atom stereocenters. The van der Waals surface area contributed by atoms with Crippen molar-refractivity contribution in [3.8, 4) is 5.75 Å². The lowest BCUT2D eigenvalue weighted by Gasteiger charge is -2.21. The van der Waals surface area contributed by atoms with E-state index in [0.717, 1.165) is 36.6 Å². The monoisotopic (exact) mass is 404 g/mol. The predicted octanol–water partition coefficient (Wildman–Crippen LogP) is 3.54. The van der Waals surface area contributed by atoms with Gasteiger partial charge < -0.3 is 14.6 Å². The van der Waals surface area contributed by atoms with Crippen LogP contribution in [-0.2, 0) is 13.6 Å². The second-order valence-corrected chi connectivity index (χ2v) is 7.73. The second kappa shape index (κ2) is 9.13. The Morgan fingerprint density at radius 1 is 1.17 bits per heavy atom. The molecule has 1 amide bonds. The summed E-state index contributed by atoms with van der Waals surface area (Å²) < 4.78 is 7.47. The van der Waals surface area contributed by atoms with Crippen molar-refractivity contribution in [1.82, 2.24) is 19.8 Å². The summed E-state index contributed by atoms with van der Waals surface area (Å²) in [7, 11) is 3.56. The first-order valence-electron chi connectivity index (χ1n) is 10.4. The number of imidazole rings is 1. The van der Waals surface area contributed by atoms with Gasteiger partial charge in [0.1, 0.15) is 17.6 Å². The molecule has 1 saturated heterocycles. The van der Waals surface area contributed by atoms with Gasteiger partial charge in [-0.15, -0.1) is 0 Å². The zero-order valence-corrected chi connectivity index (χ0v) is 17.5. The van der Waals surface area contributed by atoms with Crippen LogP contribution >= 0.6 is 0 Å². The van der Waals surface area contributed by atoms with E-state index in [2.05, 4.69) is 21.3 Å². The predicted molar refractivity (Wildman–Crippen MR) is 116 cm³/mol. The Balaban J connectivity index is 1.60. The molecular weight excluding hydrogens is 376 g/mol. The fraction of sp³-hybridized carbons (Fsp3) is 0.333. The molecule has 0 bridgehead atoms. The van der Waals surface area contributed by atoms with E-state index in [1.54, 1.807) is 13.3 Å². The standard InChI is InChI=1S/C24H28N4O2/c1-27-15-12-25-23(27)22(20-10-3-4-11-21(20)30-2)26-24(29)19-9-7-8-18(16-19)17-28-13-5-6-14-28/h3-4,7-12,15-16,22H,5-6,13-14,17H2,1-2H3,(H,26,29). The number of benzene rings is 2. The van der Waals surface area contributed by atoms with Crippen LogP contribution in [0.4, 0.5) is 0 Å². The molecule has 1 aliphatic rings. The number of nitrogens with one attached hydrogen (secondary N) is 1. The first kappa shape index (κ1) is 20.2. The quantitative estimate of drug-likeness (QED) is 0.654. The molecule has 0 spiro atoms. The SMILES string of the molecule is COc1ccccc1C(NC(=O)c1cccc(CN2CCCC2)c1)c1nccn1C. The number of likely N-dealkylation sites (tertiary alicyclic amines) is 1. The number of para-hydroxylation sites is 1. The van der Waals surface area contributed by atoms with Crippen LogP contribution in [0.5, 0.6) is 5.75 Å². The van der Waals surface area contributed by atoms with Crippen LogP contribution in [0.1, 0.15) is 46.2 Å². The maximum absolute atomic E-state index is 13.2. The number of carbonyl (C=O) groups is 1. The summed E-state index contributed by atoms with van der Waals surface area (Å²) in [6, 6.07) is 15.2. The van der Waals surface area contributed by atoms with Crippen molar-refractivity contribution in [3.63, 3.8) is 0 Å². The summed E-state index contributed by atoms with van der Waals surface area (Å²) in [6.07, 6.45) is 6.12. The maximum atomic E-state index is 13.2. The maximum Gasteiger partial charge on any atom is 0.252 e. The Kier molecular flexibility index (Phi) is 6.14. The van der Waals surface area contributed by atoms with Crippen LogP contribution in [0, 0.1) is 0 Å². The van der Waals surface area contributed by atoms with Gasteiger partial charge >= 0.3 is 0 Å². The van der Waals surface area contributed by atoms with E-state index in [-0.39, 0.29) is 5.91 Å². The molecule has 1 fully saturated rings. The fourth-order valence-electron chi connectivity index (χ4n) is 4.07. The number of hydrogen-bond acceptors (Lipinski definition) is 4. The Morgan fingerprint density at radius 3 is 2.70 bits per heavy atom. The Bertz CT molecular complexity index is 1010. The molecule has 6 nitrogen and oxygen atoms in total. The summed E-state index contributed by atoms with van der Waals surface area (Å²) in [5, 5.41) is 3.17. The van der Waals surface area contributed by atoms with Gasteiger partial charge in [0.25, 0.3) is 5.91 Å². The van der Waals surface area contributed by atoms with Crippen molar-refractivity contribution in [2.75, 3.05) is 20.2 Å². The number of amides is 1. The highest BCUT2D eigenvalue weighted by Gasteiger charge is 2.24. The molecule has 0 radical (unpaired) electrons. The van der Waals surface area contributed by atoms with Gasteiger partial charge in [0.05, 0.1) is 7.11 Å².